The number of rotatable bonds is 6. The average Bonchev–Trinajstić information content (AvgIpc) is 3.54. The third kappa shape index (κ3) is 5.25. The summed E-state index contributed by atoms with van der Waals surface area (Å²) < 4.78 is 17.8. The van der Waals surface area contributed by atoms with E-state index >= 15 is 4.39 Å². The zero-order chi connectivity index (χ0) is 32.7. The highest BCUT2D eigenvalue weighted by Crippen LogP contribution is 2.43. The molecule has 1 heterocycles. The molecule has 0 atom stereocenters. The Hall–Kier alpha value is -6.03. The van der Waals surface area contributed by atoms with Gasteiger partial charge in [-0.05, 0) is 93.2 Å². The number of nitrogens with zero attached hydrogens (tertiary/aromatic N) is 1. The van der Waals surface area contributed by atoms with Gasteiger partial charge in [0.25, 0.3) is 0 Å². The second-order valence-corrected chi connectivity index (χ2v) is 13.4. The molecule has 0 spiro atoms. The zero-order valence-corrected chi connectivity index (χ0v) is 27.4. The largest absolute Gasteiger partial charge is 0.310 e. The Bertz CT molecular complexity index is 2620. The van der Waals surface area contributed by atoms with Crippen LogP contribution < -0.4 is 4.90 Å². The molecule has 0 bridgehead atoms. The van der Waals surface area contributed by atoms with Crippen LogP contribution in [0.25, 0.3) is 64.3 Å². The second-order valence-electron chi connectivity index (χ2n) is 12.3. The fourth-order valence-corrected chi connectivity index (χ4v) is 8.12. The summed E-state index contributed by atoms with van der Waals surface area (Å²) in [5.74, 6) is -0.222. The highest BCUT2D eigenvalue weighted by atomic mass is 32.1. The van der Waals surface area contributed by atoms with E-state index in [1.165, 1.54) is 37.4 Å². The van der Waals surface area contributed by atoms with E-state index in [1.54, 1.807) is 6.07 Å². The van der Waals surface area contributed by atoms with Crippen LogP contribution in [0.1, 0.15) is 0 Å². The third-order valence-electron chi connectivity index (χ3n) is 9.34. The van der Waals surface area contributed by atoms with Gasteiger partial charge in [-0.3, -0.25) is 0 Å². The minimum absolute atomic E-state index is 0.222. The minimum atomic E-state index is -0.222. The number of hydrogen-bond donors (Lipinski definition) is 0. The van der Waals surface area contributed by atoms with Gasteiger partial charge in [0.15, 0.2) is 0 Å². The molecule has 9 rings (SSSR count). The minimum Gasteiger partial charge on any atom is -0.310 e. The van der Waals surface area contributed by atoms with Gasteiger partial charge in [-0.25, -0.2) is 4.39 Å². The molecule has 3 heteroatoms. The van der Waals surface area contributed by atoms with E-state index < -0.39 is 0 Å². The van der Waals surface area contributed by atoms with Crippen LogP contribution in [-0.4, -0.2) is 0 Å². The lowest BCUT2D eigenvalue weighted by Gasteiger charge is -2.26. The van der Waals surface area contributed by atoms with Gasteiger partial charge in [0.05, 0.1) is 0 Å². The van der Waals surface area contributed by atoms with E-state index in [4.69, 9.17) is 0 Å². The number of benzene rings is 8. The monoisotopic (exact) mass is 647 g/mol. The van der Waals surface area contributed by atoms with Gasteiger partial charge in [0.2, 0.25) is 0 Å². The van der Waals surface area contributed by atoms with E-state index in [9.17, 15) is 0 Å². The molecule has 0 radical (unpaired) electrons. The summed E-state index contributed by atoms with van der Waals surface area (Å²) in [6.45, 7) is 0. The maximum Gasteiger partial charge on any atom is 0.131 e. The van der Waals surface area contributed by atoms with Crippen LogP contribution in [0.5, 0.6) is 0 Å². The normalized spacial score (nSPS) is 11.4. The third-order valence-corrected chi connectivity index (χ3v) is 10.5. The van der Waals surface area contributed by atoms with Crippen molar-refractivity contribution in [3.8, 4) is 33.4 Å². The van der Waals surface area contributed by atoms with Crippen molar-refractivity contribution in [3.63, 3.8) is 0 Å². The van der Waals surface area contributed by atoms with Crippen LogP contribution in [0.2, 0.25) is 0 Å². The Morgan fingerprint density at radius 1 is 0.388 bits per heavy atom. The summed E-state index contributed by atoms with van der Waals surface area (Å²) in [7, 11) is 0. The quantitative estimate of drug-likeness (QED) is 0.174. The number of thiophene rings is 1. The first kappa shape index (κ1) is 29.1. The van der Waals surface area contributed by atoms with Gasteiger partial charge < -0.3 is 4.90 Å². The predicted octanol–water partition coefficient (Wildman–Crippen LogP) is 13.8. The predicted molar refractivity (Wildman–Crippen MR) is 208 cm³/mol. The Labute approximate surface area is 288 Å². The molecule has 49 heavy (non-hydrogen) atoms. The summed E-state index contributed by atoms with van der Waals surface area (Å²) in [6.07, 6.45) is 0. The fourth-order valence-electron chi connectivity index (χ4n) is 7.03. The number of anilines is 3. The van der Waals surface area contributed by atoms with Crippen molar-refractivity contribution in [2.24, 2.45) is 0 Å². The second kappa shape index (κ2) is 12.2. The van der Waals surface area contributed by atoms with E-state index in [0.717, 1.165) is 44.5 Å². The molecular weight excluding hydrogens is 618 g/mol. The van der Waals surface area contributed by atoms with E-state index in [-0.39, 0.29) is 5.82 Å². The average molecular weight is 648 g/mol. The van der Waals surface area contributed by atoms with Gasteiger partial charge in [-0.2, -0.15) is 0 Å². The Morgan fingerprint density at radius 3 is 1.84 bits per heavy atom. The lowest BCUT2D eigenvalue weighted by molar-refractivity contribution is 0.631. The van der Waals surface area contributed by atoms with Crippen molar-refractivity contribution in [3.05, 3.63) is 188 Å². The Balaban J connectivity index is 1.23. The van der Waals surface area contributed by atoms with Crippen molar-refractivity contribution >= 4 is 59.3 Å². The maximum atomic E-state index is 15.2. The summed E-state index contributed by atoms with van der Waals surface area (Å²) in [5.41, 5.74) is 9.20. The van der Waals surface area contributed by atoms with Gasteiger partial charge in [-0.15, -0.1) is 11.3 Å². The first-order valence-electron chi connectivity index (χ1n) is 16.5. The standard InChI is InChI=1S/C46H30FNS/c47-43-21-6-4-17-39(43)41-20-10-14-33-13-9-19-38(46(33)41)34-15-8-16-36(29-34)48(35-25-23-32(24-26-35)31-11-2-1-3-12-31)37-27-28-45-42(30-37)40-18-5-7-22-44(40)49-45/h1-30H. The van der Waals surface area contributed by atoms with Crippen molar-refractivity contribution in [1.29, 1.82) is 0 Å². The fraction of sp³-hybridized carbons (Fsp3) is 0. The highest BCUT2D eigenvalue weighted by molar-refractivity contribution is 7.25. The molecule has 0 amide bonds. The van der Waals surface area contributed by atoms with E-state index in [1.807, 2.05) is 41.7 Å². The van der Waals surface area contributed by atoms with Crippen molar-refractivity contribution in [1.82, 2.24) is 0 Å². The molecular formula is C46H30FNS. The van der Waals surface area contributed by atoms with Crippen LogP contribution in [0.4, 0.5) is 21.5 Å². The van der Waals surface area contributed by atoms with Crippen molar-refractivity contribution < 1.29 is 4.39 Å². The van der Waals surface area contributed by atoms with E-state index in [2.05, 4.69) is 144 Å². The summed E-state index contributed by atoms with van der Waals surface area (Å²) in [4.78, 5) is 2.34. The molecule has 0 N–H and O–H groups in total. The molecule has 0 aliphatic rings. The summed E-state index contributed by atoms with van der Waals surface area (Å²) >= 11 is 1.83. The number of hydrogen-bond acceptors (Lipinski definition) is 2. The van der Waals surface area contributed by atoms with Crippen molar-refractivity contribution in [2.75, 3.05) is 4.90 Å². The molecule has 9 aromatic rings. The van der Waals surface area contributed by atoms with Gasteiger partial charge in [-0.1, -0.05) is 127 Å². The van der Waals surface area contributed by atoms with Crippen molar-refractivity contribution in [2.45, 2.75) is 0 Å². The highest BCUT2D eigenvalue weighted by Gasteiger charge is 2.18. The van der Waals surface area contributed by atoms with Gasteiger partial charge in [0, 0.05) is 42.8 Å². The Morgan fingerprint density at radius 2 is 1.00 bits per heavy atom. The molecule has 1 aromatic heterocycles. The molecule has 0 saturated carbocycles. The molecule has 0 saturated heterocycles. The molecule has 232 valence electrons. The topological polar surface area (TPSA) is 3.24 Å². The van der Waals surface area contributed by atoms with Crippen LogP contribution in [0, 0.1) is 5.82 Å². The first-order valence-corrected chi connectivity index (χ1v) is 17.3. The Kier molecular flexibility index (Phi) is 7.26. The molecule has 0 aliphatic heterocycles. The van der Waals surface area contributed by atoms with Crippen LogP contribution in [-0.2, 0) is 0 Å². The maximum absolute atomic E-state index is 15.2. The molecule has 8 aromatic carbocycles. The molecule has 0 unspecified atom stereocenters. The van der Waals surface area contributed by atoms with E-state index in [0.29, 0.717) is 5.56 Å². The first-order chi connectivity index (χ1) is 24.2. The summed E-state index contributed by atoms with van der Waals surface area (Å²) in [6, 6.07) is 63.0. The molecule has 1 nitrogen and oxygen atoms in total. The smallest absolute Gasteiger partial charge is 0.131 e. The SMILES string of the molecule is Fc1ccccc1-c1cccc2cccc(-c3cccc(N(c4ccc(-c5ccccc5)cc4)c4ccc5sc6ccccc6c5c4)c3)c12. The summed E-state index contributed by atoms with van der Waals surface area (Å²) in [5, 5.41) is 4.64. The number of halogens is 1. The molecule has 0 aliphatic carbocycles. The van der Waals surface area contributed by atoms with Crippen LogP contribution in [0.3, 0.4) is 0 Å². The van der Waals surface area contributed by atoms with Gasteiger partial charge in [0.1, 0.15) is 5.82 Å². The lowest BCUT2D eigenvalue weighted by atomic mass is 9.91. The lowest BCUT2D eigenvalue weighted by Crippen LogP contribution is -2.10. The van der Waals surface area contributed by atoms with Crippen LogP contribution >= 0.6 is 11.3 Å². The number of fused-ring (bicyclic) bond motifs is 4. The van der Waals surface area contributed by atoms with Crippen LogP contribution in [0.15, 0.2) is 182 Å². The zero-order valence-electron chi connectivity index (χ0n) is 26.6. The van der Waals surface area contributed by atoms with Gasteiger partial charge >= 0.3 is 0 Å². The molecule has 0 fully saturated rings.